The molecule has 0 rings (SSSR count). The average molecular weight is 640 g/mol. The molecule has 0 bridgehead atoms. The maximum Gasteiger partial charge on any atom is 3.00 e. The van der Waals surface area contributed by atoms with E-state index in [4.69, 9.17) is 107 Å². The normalized spacial score (nSPS) is 6.00. The summed E-state index contributed by atoms with van der Waals surface area (Å²) in [6.45, 7) is 4.78. The van der Waals surface area contributed by atoms with Crippen LogP contribution in [0.4, 0.5) is 0 Å². The molecule has 0 aliphatic heterocycles. The van der Waals surface area contributed by atoms with Gasteiger partial charge in [0.15, 0.2) is 0 Å². The first kappa shape index (κ1) is 76.6. The summed E-state index contributed by atoms with van der Waals surface area (Å²) < 4.78 is 0. The van der Waals surface area contributed by atoms with E-state index in [1.807, 2.05) is 0 Å². The van der Waals surface area contributed by atoms with Crippen molar-refractivity contribution < 1.29 is 64.9 Å². The van der Waals surface area contributed by atoms with Crippen LogP contribution in [0.5, 0.6) is 0 Å². The smallest absolute Gasteiger partial charge is 0.870 e. The van der Waals surface area contributed by atoms with Crippen LogP contribution in [-0.2, 0) is 33.6 Å². The zero-order chi connectivity index (χ0) is 28.0. The van der Waals surface area contributed by atoms with Crippen molar-refractivity contribution in [3.63, 3.8) is 0 Å². The molecule has 0 aromatic rings. The second-order valence-corrected chi connectivity index (χ2v) is 3.20. The van der Waals surface area contributed by atoms with Crippen molar-refractivity contribution in [1.29, 1.82) is 0 Å². The van der Waals surface area contributed by atoms with Crippen molar-refractivity contribution in [2.24, 2.45) is 45.9 Å². The molecule has 36 heavy (non-hydrogen) atoms. The molecule has 0 spiro atoms. The maximum absolute atomic E-state index is 8.25. The molecular weight excluding hydrogens is 606 g/mol. The van der Waals surface area contributed by atoms with Gasteiger partial charge in [-0.2, -0.15) is 0 Å². The number of nitrogens with zero attached hydrogens (tertiary/aromatic N) is 4. The molecule has 0 atom stereocenters. The quantitative estimate of drug-likeness (QED) is 0.105. The summed E-state index contributed by atoms with van der Waals surface area (Å²) in [5.74, 6) is 0. The van der Waals surface area contributed by atoms with E-state index in [0.29, 0.717) is 52.4 Å². The van der Waals surface area contributed by atoms with Crippen molar-refractivity contribution in [1.82, 2.24) is 0 Å². The predicted molar refractivity (Wildman–Crippen MR) is 118 cm³/mol. The minimum absolute atomic E-state index is 0. The van der Waals surface area contributed by atoms with Gasteiger partial charge in [0.1, 0.15) is 0 Å². The van der Waals surface area contributed by atoms with Gasteiger partial charge >= 0.3 is 33.6 Å². The molecule has 26 nitrogen and oxygen atoms in total. The molecule has 0 fully saturated rings. The molecule has 18 N–H and O–H groups in total. The van der Waals surface area contributed by atoms with Gasteiger partial charge in [-0.05, 0) is 0 Å². The zero-order valence-electron chi connectivity index (χ0n) is 18.5. The van der Waals surface area contributed by atoms with Crippen LogP contribution in [0.25, 0.3) is 0 Å². The van der Waals surface area contributed by atoms with E-state index in [-0.39, 0.29) is 44.5 Å². The van der Waals surface area contributed by atoms with E-state index < -0.39 is 20.3 Å². The maximum atomic E-state index is 8.25. The van der Waals surface area contributed by atoms with Crippen LogP contribution in [0.1, 0.15) is 0 Å². The first-order chi connectivity index (χ1) is 14.6. The largest absolute Gasteiger partial charge is 3.00 e. The summed E-state index contributed by atoms with van der Waals surface area (Å²) in [7, 11) is 0. The zero-order valence-corrected chi connectivity index (χ0v) is 20.6. The third-order valence-electron chi connectivity index (χ3n) is 0.667. The minimum atomic E-state index is -1.75. The molecule has 0 unspecified atom stereocenters. The Morgan fingerprint density at radius 3 is 0.361 bits per heavy atom. The number of hydrogen-bond acceptors (Lipinski definition) is 22. The molecule has 28 heteroatoms. The van der Waals surface area contributed by atoms with Gasteiger partial charge in [-0.25, -0.2) is 0 Å². The summed E-state index contributed by atoms with van der Waals surface area (Å²) in [6, 6.07) is 0. The van der Waals surface area contributed by atoms with Crippen LogP contribution < -0.4 is 45.9 Å². The van der Waals surface area contributed by atoms with E-state index in [2.05, 4.69) is 0 Å². The summed E-state index contributed by atoms with van der Waals surface area (Å²) in [6.07, 6.45) is 0. The van der Waals surface area contributed by atoms with Crippen molar-refractivity contribution >= 4 is 0 Å². The monoisotopic (exact) mass is 640 g/mol. The topological polar surface area (TPSA) is 533 Å². The van der Waals surface area contributed by atoms with Crippen molar-refractivity contribution in [3.05, 3.63) is 61.3 Å². The fourth-order valence-electron chi connectivity index (χ4n) is 0. The van der Waals surface area contributed by atoms with E-state index in [0.717, 1.165) is 0 Å². The first-order valence-electron chi connectivity index (χ1n) is 7.46. The molecule has 0 aromatic heterocycles. The number of rotatable bonds is 4. The standard InChI is InChI=1S/4C2H8N2.2Co.4NO3.2H2O/c4*3-1-2-4;;;4*2-1(3)4;;/h4*1-4H2;;;;;;;2*1H2/q;;;;2*+3;4*-1;;/p-2. The summed E-state index contributed by atoms with van der Waals surface area (Å²) in [4.78, 5) is 33.0. The van der Waals surface area contributed by atoms with Crippen molar-refractivity contribution in [3.8, 4) is 0 Å². The van der Waals surface area contributed by atoms with Gasteiger partial charge in [-0.3, -0.25) is 0 Å². The molecular formula is C8H34Co2N12O14. The van der Waals surface area contributed by atoms with E-state index in [1.54, 1.807) is 0 Å². The Morgan fingerprint density at radius 2 is 0.361 bits per heavy atom. The Hall–Kier alpha value is -2.59. The van der Waals surface area contributed by atoms with Crippen molar-refractivity contribution in [2.75, 3.05) is 52.4 Å². The van der Waals surface area contributed by atoms with Crippen LogP contribution in [0.3, 0.4) is 0 Å². The fraction of sp³-hybridized carbons (Fsp3) is 1.00. The second kappa shape index (κ2) is 105. The third-order valence-corrected chi connectivity index (χ3v) is 0.667. The van der Waals surface area contributed by atoms with E-state index in [1.165, 1.54) is 0 Å². The molecule has 228 valence electrons. The van der Waals surface area contributed by atoms with Gasteiger partial charge in [0.05, 0.1) is 20.3 Å². The Morgan fingerprint density at radius 1 is 0.333 bits per heavy atom. The summed E-state index contributed by atoms with van der Waals surface area (Å²) >= 11 is 0. The predicted octanol–water partition coefficient (Wildman–Crippen LogP) is -5.70. The SMILES string of the molecule is NCCN.NCCN.NCCN.NCCN.O=[N+]([O-])[O-].O=[N+]([O-])[O-].O=[N+]([O-])[O-].O=[N+]([O-])[O-].[Co+3].[Co+3].[OH-].[OH-]. The Balaban J connectivity index is -0.0000000180. The molecule has 0 aliphatic carbocycles. The second-order valence-electron chi connectivity index (χ2n) is 3.20. The van der Waals surface area contributed by atoms with Gasteiger partial charge in [0.2, 0.25) is 0 Å². The molecule has 0 saturated heterocycles. The van der Waals surface area contributed by atoms with Crippen LogP contribution >= 0.6 is 0 Å². The van der Waals surface area contributed by atoms with Crippen LogP contribution in [0.15, 0.2) is 0 Å². The molecule has 0 saturated carbocycles. The molecule has 0 radical (unpaired) electrons. The summed E-state index contributed by atoms with van der Waals surface area (Å²) in [5, 5.41) is 59.0. The van der Waals surface area contributed by atoms with E-state index >= 15 is 0 Å². The van der Waals surface area contributed by atoms with Gasteiger partial charge in [0.25, 0.3) is 0 Å². The first-order valence-corrected chi connectivity index (χ1v) is 7.46. The van der Waals surface area contributed by atoms with E-state index in [9.17, 15) is 0 Å². The molecule has 0 aliphatic rings. The van der Waals surface area contributed by atoms with Gasteiger partial charge in [-0.15, -0.1) is 0 Å². The molecule has 0 aromatic carbocycles. The molecule has 0 amide bonds. The van der Waals surface area contributed by atoms with Gasteiger partial charge in [-0.1, -0.05) is 0 Å². The Bertz CT molecular complexity index is 280. The number of nitrogens with two attached hydrogens (primary N) is 8. The van der Waals surface area contributed by atoms with Crippen LogP contribution in [0, 0.1) is 61.3 Å². The van der Waals surface area contributed by atoms with Crippen molar-refractivity contribution in [2.45, 2.75) is 0 Å². The minimum Gasteiger partial charge on any atom is -0.870 e. The Kier molecular flexibility index (Phi) is 224. The van der Waals surface area contributed by atoms with Gasteiger partial charge in [0, 0.05) is 52.4 Å². The molecule has 0 heterocycles. The summed E-state index contributed by atoms with van der Waals surface area (Å²) in [5.41, 5.74) is 39.2. The average Bonchev–Trinajstić information content (AvgIpc) is 2.66. The number of hydrogen-bond donors (Lipinski definition) is 8. The fourth-order valence-corrected chi connectivity index (χ4v) is 0. The van der Waals surface area contributed by atoms with Crippen LogP contribution in [0.2, 0.25) is 0 Å². The van der Waals surface area contributed by atoms with Gasteiger partial charge < -0.3 is 118 Å². The third kappa shape index (κ3) is 14600. The Labute approximate surface area is 224 Å². The van der Waals surface area contributed by atoms with Crippen LogP contribution in [-0.4, -0.2) is 83.7 Å².